The average Bonchev–Trinajstić information content (AvgIpc) is 2.87. The van der Waals surface area contributed by atoms with Crippen LogP contribution in [0, 0.1) is 6.92 Å². The third-order valence-electron chi connectivity index (χ3n) is 3.09. The number of nitrogens with one attached hydrogen (secondary N) is 2. The molecule has 0 saturated carbocycles. The summed E-state index contributed by atoms with van der Waals surface area (Å²) in [5, 5.41) is 5.75. The van der Waals surface area contributed by atoms with E-state index in [1.165, 1.54) is 11.3 Å². The molecule has 0 unspecified atom stereocenters. The van der Waals surface area contributed by atoms with Gasteiger partial charge in [0.1, 0.15) is 6.04 Å². The molecular formula is C14H18N4O2S2. The van der Waals surface area contributed by atoms with Gasteiger partial charge in [-0.05, 0) is 37.0 Å². The van der Waals surface area contributed by atoms with Crippen LogP contribution in [0.3, 0.4) is 0 Å². The predicted octanol–water partition coefficient (Wildman–Crippen LogP) is 2.33. The fraction of sp³-hybridized carbons (Fsp3) is 0.357. The van der Waals surface area contributed by atoms with E-state index in [1.807, 2.05) is 31.4 Å². The molecular weight excluding hydrogens is 320 g/mol. The number of amides is 3. The molecule has 1 aromatic carbocycles. The Morgan fingerprint density at radius 3 is 2.86 bits per heavy atom. The van der Waals surface area contributed by atoms with Crippen molar-refractivity contribution in [2.75, 3.05) is 17.3 Å². The second-order valence-electron chi connectivity index (χ2n) is 4.77. The van der Waals surface area contributed by atoms with Crippen molar-refractivity contribution in [1.82, 2.24) is 10.3 Å². The van der Waals surface area contributed by atoms with E-state index >= 15 is 0 Å². The summed E-state index contributed by atoms with van der Waals surface area (Å²) in [5.74, 6) is 0.446. The highest BCUT2D eigenvalue weighted by Gasteiger charge is 2.20. The molecule has 4 N–H and O–H groups in total. The van der Waals surface area contributed by atoms with Gasteiger partial charge in [0, 0.05) is 0 Å². The SMILES string of the molecule is CSCC[C@H](NC(N)=O)C(=O)Nc1nc2c(C)cccc2s1. The van der Waals surface area contributed by atoms with Gasteiger partial charge in [-0.25, -0.2) is 9.78 Å². The largest absolute Gasteiger partial charge is 0.352 e. The van der Waals surface area contributed by atoms with E-state index in [9.17, 15) is 9.59 Å². The number of benzene rings is 1. The number of primary amides is 1. The molecule has 2 aromatic rings. The van der Waals surface area contributed by atoms with E-state index in [0.29, 0.717) is 11.6 Å². The van der Waals surface area contributed by atoms with E-state index in [4.69, 9.17) is 5.73 Å². The molecule has 0 aliphatic carbocycles. The first-order chi connectivity index (χ1) is 10.5. The number of aryl methyl sites for hydroxylation is 1. The molecule has 2 rings (SSSR count). The summed E-state index contributed by atoms with van der Waals surface area (Å²) >= 11 is 3.01. The van der Waals surface area contributed by atoms with Gasteiger partial charge < -0.3 is 16.4 Å². The van der Waals surface area contributed by atoms with Crippen LogP contribution in [-0.2, 0) is 4.79 Å². The fourth-order valence-electron chi connectivity index (χ4n) is 2.01. The lowest BCUT2D eigenvalue weighted by Crippen LogP contribution is -2.46. The quantitative estimate of drug-likeness (QED) is 0.753. The highest BCUT2D eigenvalue weighted by molar-refractivity contribution is 7.98. The molecule has 1 heterocycles. The van der Waals surface area contributed by atoms with Crippen LogP contribution in [0.4, 0.5) is 9.93 Å². The number of urea groups is 1. The van der Waals surface area contributed by atoms with Crippen LogP contribution in [0.1, 0.15) is 12.0 Å². The van der Waals surface area contributed by atoms with E-state index in [0.717, 1.165) is 21.5 Å². The molecule has 6 nitrogen and oxygen atoms in total. The number of hydrogen-bond donors (Lipinski definition) is 3. The summed E-state index contributed by atoms with van der Waals surface area (Å²) in [4.78, 5) is 27.7. The number of carbonyl (C=O) groups is 2. The van der Waals surface area contributed by atoms with Gasteiger partial charge in [-0.1, -0.05) is 23.5 Å². The Bertz CT molecular complexity index is 687. The Morgan fingerprint density at radius 1 is 1.45 bits per heavy atom. The van der Waals surface area contributed by atoms with Crippen molar-refractivity contribution < 1.29 is 9.59 Å². The second kappa shape index (κ2) is 7.46. The normalized spacial score (nSPS) is 12.1. The summed E-state index contributed by atoms with van der Waals surface area (Å²) in [6.07, 6.45) is 2.45. The highest BCUT2D eigenvalue weighted by atomic mass is 32.2. The minimum absolute atomic E-state index is 0.301. The Labute approximate surface area is 136 Å². The number of thiazole rings is 1. The topological polar surface area (TPSA) is 97.1 Å². The van der Waals surface area contributed by atoms with Gasteiger partial charge >= 0.3 is 6.03 Å². The summed E-state index contributed by atoms with van der Waals surface area (Å²) in [6, 6.07) is 4.53. The van der Waals surface area contributed by atoms with Crippen molar-refractivity contribution in [1.29, 1.82) is 0 Å². The molecule has 8 heteroatoms. The molecule has 0 aliphatic rings. The number of rotatable bonds is 6. The third kappa shape index (κ3) is 4.11. The molecule has 3 amide bonds. The van der Waals surface area contributed by atoms with Crippen molar-refractivity contribution in [2.24, 2.45) is 5.73 Å². The maximum absolute atomic E-state index is 12.3. The maximum atomic E-state index is 12.3. The highest BCUT2D eigenvalue weighted by Crippen LogP contribution is 2.27. The number of aromatic nitrogens is 1. The summed E-state index contributed by atoms with van der Waals surface area (Å²) in [5.41, 5.74) is 7.07. The van der Waals surface area contributed by atoms with Gasteiger partial charge in [-0.3, -0.25) is 4.79 Å². The van der Waals surface area contributed by atoms with Gasteiger partial charge in [0.15, 0.2) is 5.13 Å². The van der Waals surface area contributed by atoms with Crippen molar-refractivity contribution in [3.8, 4) is 0 Å². The first-order valence-corrected chi connectivity index (χ1v) is 8.94. The maximum Gasteiger partial charge on any atom is 0.312 e. The van der Waals surface area contributed by atoms with Crippen LogP contribution in [0.15, 0.2) is 18.2 Å². The van der Waals surface area contributed by atoms with Crippen LogP contribution in [0.5, 0.6) is 0 Å². The van der Waals surface area contributed by atoms with Crippen molar-refractivity contribution in [3.05, 3.63) is 23.8 Å². The molecule has 0 fully saturated rings. The average molecular weight is 338 g/mol. The molecule has 0 bridgehead atoms. The molecule has 0 aliphatic heterocycles. The first kappa shape index (κ1) is 16.6. The zero-order valence-corrected chi connectivity index (χ0v) is 14.0. The molecule has 0 spiro atoms. The Morgan fingerprint density at radius 2 is 2.23 bits per heavy atom. The summed E-state index contributed by atoms with van der Waals surface area (Å²) < 4.78 is 1.01. The smallest absolute Gasteiger partial charge is 0.312 e. The Kier molecular flexibility index (Phi) is 5.62. The first-order valence-electron chi connectivity index (χ1n) is 6.73. The number of nitrogens with two attached hydrogens (primary N) is 1. The number of nitrogens with zero attached hydrogens (tertiary/aromatic N) is 1. The van der Waals surface area contributed by atoms with E-state index < -0.39 is 12.1 Å². The van der Waals surface area contributed by atoms with E-state index in [1.54, 1.807) is 11.8 Å². The fourth-order valence-corrected chi connectivity index (χ4v) is 3.43. The van der Waals surface area contributed by atoms with Crippen LogP contribution < -0.4 is 16.4 Å². The molecule has 0 saturated heterocycles. The molecule has 0 radical (unpaired) electrons. The summed E-state index contributed by atoms with van der Waals surface area (Å²) in [7, 11) is 0. The standard InChI is InChI=1S/C14H18N4O2S2/c1-8-4-3-5-10-11(8)17-14(22-10)18-12(19)9(6-7-21-2)16-13(15)20/h3-5,9H,6-7H2,1-2H3,(H3,15,16,20)(H,17,18,19)/t9-/m0/s1. The lowest BCUT2D eigenvalue weighted by molar-refractivity contribution is -0.117. The van der Waals surface area contributed by atoms with Gasteiger partial charge in [-0.2, -0.15) is 11.8 Å². The van der Waals surface area contributed by atoms with Gasteiger partial charge in [0.2, 0.25) is 5.91 Å². The van der Waals surface area contributed by atoms with Gasteiger partial charge in [-0.15, -0.1) is 0 Å². The molecule has 1 atom stereocenters. The van der Waals surface area contributed by atoms with Crippen molar-refractivity contribution in [2.45, 2.75) is 19.4 Å². The Balaban J connectivity index is 2.13. The molecule has 1 aromatic heterocycles. The van der Waals surface area contributed by atoms with Crippen LogP contribution in [0.25, 0.3) is 10.2 Å². The number of carbonyl (C=O) groups excluding carboxylic acids is 2. The third-order valence-corrected chi connectivity index (χ3v) is 4.67. The number of fused-ring (bicyclic) bond motifs is 1. The van der Waals surface area contributed by atoms with Crippen molar-refractivity contribution in [3.63, 3.8) is 0 Å². The van der Waals surface area contributed by atoms with Crippen LogP contribution >= 0.6 is 23.1 Å². The van der Waals surface area contributed by atoms with E-state index in [2.05, 4.69) is 15.6 Å². The lowest BCUT2D eigenvalue weighted by Gasteiger charge is -2.15. The number of hydrogen-bond acceptors (Lipinski definition) is 5. The minimum atomic E-state index is -0.707. The van der Waals surface area contributed by atoms with Crippen molar-refractivity contribution >= 4 is 50.4 Å². The Hall–Kier alpha value is -1.80. The number of anilines is 1. The molecule has 118 valence electrons. The molecule has 22 heavy (non-hydrogen) atoms. The van der Waals surface area contributed by atoms with Gasteiger partial charge in [0.05, 0.1) is 10.2 Å². The second-order valence-corrected chi connectivity index (χ2v) is 6.79. The zero-order valence-electron chi connectivity index (χ0n) is 12.4. The van der Waals surface area contributed by atoms with Gasteiger partial charge in [0.25, 0.3) is 0 Å². The lowest BCUT2D eigenvalue weighted by atomic mass is 10.2. The number of thioether (sulfide) groups is 1. The predicted molar refractivity (Wildman–Crippen MR) is 92.5 cm³/mol. The van der Waals surface area contributed by atoms with Crippen LogP contribution in [0.2, 0.25) is 0 Å². The minimum Gasteiger partial charge on any atom is -0.352 e. The monoisotopic (exact) mass is 338 g/mol. The van der Waals surface area contributed by atoms with E-state index in [-0.39, 0.29) is 5.91 Å². The van der Waals surface area contributed by atoms with Crippen LogP contribution in [-0.4, -0.2) is 35.0 Å². The number of para-hydroxylation sites is 1. The zero-order chi connectivity index (χ0) is 16.1. The summed E-state index contributed by atoms with van der Waals surface area (Å²) in [6.45, 7) is 1.98.